The molecule has 0 aromatic heterocycles. The molecule has 0 heterocycles. The van der Waals surface area contributed by atoms with Gasteiger partial charge in [0.05, 0.1) is 0 Å². The lowest BCUT2D eigenvalue weighted by Gasteiger charge is -2.15. The van der Waals surface area contributed by atoms with Crippen LogP contribution in [0.15, 0.2) is 12.2 Å². The van der Waals surface area contributed by atoms with Crippen LogP contribution in [-0.4, -0.2) is 0 Å². The van der Waals surface area contributed by atoms with Gasteiger partial charge in [0.1, 0.15) is 0 Å². The Hall–Kier alpha value is -0.260. The van der Waals surface area contributed by atoms with E-state index in [1.165, 1.54) is 31.3 Å². The highest BCUT2D eigenvalue weighted by Crippen LogP contribution is 2.39. The van der Waals surface area contributed by atoms with E-state index in [2.05, 4.69) is 20.4 Å². The first-order chi connectivity index (χ1) is 4.79. The maximum Gasteiger partial charge on any atom is -0.0180 e. The largest absolute Gasteiger partial charge is 0.0996 e. The maximum atomic E-state index is 4.10. The summed E-state index contributed by atoms with van der Waals surface area (Å²) in [6.45, 7) is 8.68. The third-order valence-corrected chi connectivity index (χ3v) is 2.89. The van der Waals surface area contributed by atoms with Crippen LogP contribution in [0.2, 0.25) is 0 Å². The van der Waals surface area contributed by atoms with E-state index in [0.29, 0.717) is 0 Å². The molecule has 1 fully saturated rings. The summed E-state index contributed by atoms with van der Waals surface area (Å²) in [4.78, 5) is 0. The minimum Gasteiger partial charge on any atom is -0.0996 e. The first-order valence-corrected chi connectivity index (χ1v) is 4.47. The molecule has 0 spiro atoms. The van der Waals surface area contributed by atoms with E-state index >= 15 is 0 Å². The van der Waals surface area contributed by atoms with Crippen LogP contribution in [0, 0.1) is 11.8 Å². The fourth-order valence-electron chi connectivity index (χ4n) is 2.20. The average Bonchev–Trinajstić information content (AvgIpc) is 2.30. The zero-order valence-corrected chi connectivity index (χ0v) is 7.19. The van der Waals surface area contributed by atoms with Gasteiger partial charge in [0.2, 0.25) is 0 Å². The van der Waals surface area contributed by atoms with Crippen LogP contribution < -0.4 is 0 Å². The third-order valence-electron chi connectivity index (χ3n) is 2.89. The van der Waals surface area contributed by atoms with E-state index in [0.717, 1.165) is 11.8 Å². The summed E-state index contributed by atoms with van der Waals surface area (Å²) in [5, 5.41) is 0. The third kappa shape index (κ3) is 1.25. The van der Waals surface area contributed by atoms with Gasteiger partial charge in [0, 0.05) is 0 Å². The van der Waals surface area contributed by atoms with Crippen molar-refractivity contribution in [3.8, 4) is 0 Å². The van der Waals surface area contributed by atoms with Gasteiger partial charge in [-0.15, -0.1) is 0 Å². The van der Waals surface area contributed by atoms with Gasteiger partial charge in [-0.3, -0.25) is 0 Å². The van der Waals surface area contributed by atoms with E-state index < -0.39 is 0 Å². The van der Waals surface area contributed by atoms with Crippen molar-refractivity contribution in [2.45, 2.75) is 39.5 Å². The molecule has 0 aromatic carbocycles. The van der Waals surface area contributed by atoms with Crippen molar-refractivity contribution >= 4 is 0 Å². The van der Waals surface area contributed by atoms with Crippen molar-refractivity contribution in [1.29, 1.82) is 0 Å². The molecule has 0 saturated heterocycles. The van der Waals surface area contributed by atoms with Crippen LogP contribution in [0.1, 0.15) is 39.5 Å². The highest BCUT2D eigenvalue weighted by Gasteiger charge is 2.26. The fourth-order valence-corrected chi connectivity index (χ4v) is 2.20. The van der Waals surface area contributed by atoms with Crippen molar-refractivity contribution in [3.05, 3.63) is 12.2 Å². The van der Waals surface area contributed by atoms with Crippen molar-refractivity contribution < 1.29 is 0 Å². The molecule has 1 rings (SSSR count). The predicted octanol–water partition coefficient (Wildman–Crippen LogP) is 3.39. The Morgan fingerprint density at radius 2 is 2.10 bits per heavy atom. The second-order valence-electron chi connectivity index (χ2n) is 3.38. The van der Waals surface area contributed by atoms with Crippen molar-refractivity contribution in [2.75, 3.05) is 0 Å². The Labute approximate surface area is 64.3 Å². The molecule has 1 aliphatic rings. The van der Waals surface area contributed by atoms with Gasteiger partial charge in [0.15, 0.2) is 0 Å². The summed E-state index contributed by atoms with van der Waals surface area (Å²) in [5.41, 5.74) is 1.51. The quantitative estimate of drug-likeness (QED) is 0.513. The minimum absolute atomic E-state index is 0.852. The van der Waals surface area contributed by atoms with Crippen molar-refractivity contribution in [3.63, 3.8) is 0 Å². The normalized spacial score (nSPS) is 33.2. The second kappa shape index (κ2) is 3.23. The van der Waals surface area contributed by atoms with Crippen LogP contribution in [0.25, 0.3) is 0 Å². The van der Waals surface area contributed by atoms with E-state index in [4.69, 9.17) is 0 Å². The van der Waals surface area contributed by atoms with Gasteiger partial charge in [-0.25, -0.2) is 0 Å². The van der Waals surface area contributed by atoms with Crippen LogP contribution in [0.5, 0.6) is 0 Å². The second-order valence-corrected chi connectivity index (χ2v) is 3.38. The standard InChI is InChI=1S/C10H18/c1-4-9-7-6-8(3)10(9)5-2/h9-10H,3-7H2,1-2H3. The van der Waals surface area contributed by atoms with Crippen LogP contribution in [0.4, 0.5) is 0 Å². The molecule has 2 unspecified atom stereocenters. The molecule has 1 aliphatic carbocycles. The highest BCUT2D eigenvalue weighted by molar-refractivity contribution is 5.08. The summed E-state index contributed by atoms with van der Waals surface area (Å²) in [6.07, 6.45) is 5.33. The zero-order valence-electron chi connectivity index (χ0n) is 7.19. The van der Waals surface area contributed by atoms with Gasteiger partial charge in [-0.2, -0.15) is 0 Å². The Kier molecular flexibility index (Phi) is 2.53. The Morgan fingerprint density at radius 1 is 1.40 bits per heavy atom. The van der Waals surface area contributed by atoms with Gasteiger partial charge in [-0.05, 0) is 31.1 Å². The molecular weight excluding hydrogens is 120 g/mol. The van der Waals surface area contributed by atoms with E-state index in [1.807, 2.05) is 0 Å². The topological polar surface area (TPSA) is 0 Å². The molecule has 0 N–H and O–H groups in total. The summed E-state index contributed by atoms with van der Waals surface area (Å²) in [6, 6.07) is 0. The molecule has 0 aliphatic heterocycles. The molecule has 10 heavy (non-hydrogen) atoms. The average molecular weight is 138 g/mol. The Bertz CT molecular complexity index is 124. The summed E-state index contributed by atoms with van der Waals surface area (Å²) in [5.74, 6) is 1.81. The van der Waals surface area contributed by atoms with Gasteiger partial charge < -0.3 is 0 Å². The molecule has 0 radical (unpaired) electrons. The SMILES string of the molecule is C=C1CCC(CC)C1CC. The molecule has 0 heteroatoms. The lowest BCUT2D eigenvalue weighted by Crippen LogP contribution is -2.05. The lowest BCUT2D eigenvalue weighted by atomic mass is 9.90. The molecule has 0 nitrogen and oxygen atoms in total. The van der Waals surface area contributed by atoms with Crippen LogP contribution in [0.3, 0.4) is 0 Å². The Morgan fingerprint density at radius 3 is 2.50 bits per heavy atom. The number of allylic oxidation sites excluding steroid dienone is 1. The number of hydrogen-bond donors (Lipinski definition) is 0. The number of hydrogen-bond acceptors (Lipinski definition) is 0. The molecule has 2 atom stereocenters. The van der Waals surface area contributed by atoms with Gasteiger partial charge in [-0.1, -0.05) is 32.4 Å². The lowest BCUT2D eigenvalue weighted by molar-refractivity contribution is 0.399. The van der Waals surface area contributed by atoms with E-state index in [-0.39, 0.29) is 0 Å². The van der Waals surface area contributed by atoms with E-state index in [9.17, 15) is 0 Å². The smallest absolute Gasteiger partial charge is 0.0180 e. The predicted molar refractivity (Wildman–Crippen MR) is 45.9 cm³/mol. The molecular formula is C10H18. The van der Waals surface area contributed by atoms with Crippen LogP contribution >= 0.6 is 0 Å². The van der Waals surface area contributed by atoms with E-state index in [1.54, 1.807) is 0 Å². The first kappa shape index (κ1) is 7.84. The van der Waals surface area contributed by atoms with Crippen molar-refractivity contribution in [2.24, 2.45) is 11.8 Å². The Balaban J connectivity index is 2.54. The first-order valence-electron chi connectivity index (χ1n) is 4.47. The number of rotatable bonds is 2. The summed E-state index contributed by atoms with van der Waals surface area (Å²) < 4.78 is 0. The molecule has 0 bridgehead atoms. The summed E-state index contributed by atoms with van der Waals surface area (Å²) >= 11 is 0. The van der Waals surface area contributed by atoms with Gasteiger partial charge in [0.25, 0.3) is 0 Å². The molecule has 0 amide bonds. The highest BCUT2D eigenvalue weighted by atomic mass is 14.3. The summed E-state index contributed by atoms with van der Waals surface area (Å²) in [7, 11) is 0. The fraction of sp³-hybridized carbons (Fsp3) is 0.800. The molecule has 0 aromatic rings. The van der Waals surface area contributed by atoms with Crippen molar-refractivity contribution in [1.82, 2.24) is 0 Å². The minimum atomic E-state index is 0.852. The molecule has 1 saturated carbocycles. The zero-order chi connectivity index (χ0) is 7.56. The maximum absolute atomic E-state index is 4.10. The van der Waals surface area contributed by atoms with Crippen LogP contribution in [-0.2, 0) is 0 Å². The monoisotopic (exact) mass is 138 g/mol. The van der Waals surface area contributed by atoms with Gasteiger partial charge >= 0.3 is 0 Å². The molecule has 58 valence electrons.